The van der Waals surface area contributed by atoms with Crippen LogP contribution in [0.25, 0.3) is 33.8 Å². The van der Waals surface area contributed by atoms with Crippen molar-refractivity contribution in [1.82, 2.24) is 4.98 Å². The molecule has 0 spiro atoms. The fourth-order valence-electron chi connectivity index (χ4n) is 3.29. The Hall–Kier alpha value is -2.94. The van der Waals surface area contributed by atoms with Crippen molar-refractivity contribution in [2.45, 2.75) is 20.8 Å². The predicted molar refractivity (Wildman–Crippen MR) is 100 cm³/mol. The molecule has 3 nitrogen and oxygen atoms in total. The van der Waals surface area contributed by atoms with Gasteiger partial charge in [0.15, 0.2) is 0 Å². The number of aromatic nitrogens is 2. The number of nitrogens with zero attached hydrogens (tertiary/aromatic N) is 2. The highest BCUT2D eigenvalue weighted by Crippen LogP contribution is 2.29. The Balaban J connectivity index is 1.91. The normalized spacial score (nSPS) is 11.2. The van der Waals surface area contributed by atoms with E-state index >= 15 is 0 Å². The minimum absolute atomic E-state index is 0.657. The Morgan fingerprint density at radius 1 is 0.960 bits per heavy atom. The van der Waals surface area contributed by atoms with Gasteiger partial charge in [0.25, 0.3) is 0 Å². The largest absolute Gasteiger partial charge is 0.430 e. The maximum atomic E-state index is 5.97. The Kier molecular flexibility index (Phi) is 3.65. The smallest absolute Gasteiger partial charge is 0.227 e. The van der Waals surface area contributed by atoms with Crippen molar-refractivity contribution >= 4 is 11.1 Å². The Bertz CT molecular complexity index is 1080. The summed E-state index contributed by atoms with van der Waals surface area (Å²) in [6, 6.07) is 16.6. The number of pyridine rings is 1. The van der Waals surface area contributed by atoms with Crippen molar-refractivity contribution in [3.8, 4) is 22.7 Å². The molecule has 0 atom stereocenters. The van der Waals surface area contributed by atoms with E-state index in [9.17, 15) is 0 Å². The van der Waals surface area contributed by atoms with E-state index in [1.54, 1.807) is 0 Å². The SMILES string of the molecule is Cc1cc(C)c(C)c(-c2cc3nc(-c4ccccc4)oc3c[n+]2C)c1. The van der Waals surface area contributed by atoms with Crippen LogP contribution in [-0.2, 0) is 7.05 Å². The number of rotatable bonds is 2. The Labute approximate surface area is 147 Å². The summed E-state index contributed by atoms with van der Waals surface area (Å²) in [6.07, 6.45) is 2.02. The third-order valence-electron chi connectivity index (χ3n) is 4.75. The fraction of sp³-hybridized carbons (Fsp3) is 0.182. The molecule has 0 aliphatic carbocycles. The molecule has 0 N–H and O–H groups in total. The lowest BCUT2D eigenvalue weighted by molar-refractivity contribution is -0.659. The van der Waals surface area contributed by atoms with Gasteiger partial charge in [0.2, 0.25) is 23.4 Å². The van der Waals surface area contributed by atoms with E-state index in [0.29, 0.717) is 5.89 Å². The summed E-state index contributed by atoms with van der Waals surface area (Å²) in [5.41, 5.74) is 8.93. The van der Waals surface area contributed by atoms with E-state index in [-0.39, 0.29) is 0 Å². The number of aryl methyl sites for hydroxylation is 3. The van der Waals surface area contributed by atoms with Gasteiger partial charge < -0.3 is 4.42 Å². The second-order valence-electron chi connectivity index (χ2n) is 6.66. The Morgan fingerprint density at radius 3 is 2.48 bits per heavy atom. The molecule has 0 aliphatic heterocycles. The van der Waals surface area contributed by atoms with Gasteiger partial charge in [0.05, 0.1) is 0 Å². The minimum atomic E-state index is 0.657. The topological polar surface area (TPSA) is 29.9 Å². The van der Waals surface area contributed by atoms with Gasteiger partial charge in [-0.3, -0.25) is 0 Å². The average molecular weight is 329 g/mol. The van der Waals surface area contributed by atoms with E-state index in [1.165, 1.54) is 22.3 Å². The van der Waals surface area contributed by atoms with Crippen molar-refractivity contribution in [3.05, 3.63) is 71.4 Å². The highest BCUT2D eigenvalue weighted by molar-refractivity contribution is 5.79. The molecule has 0 saturated carbocycles. The molecule has 2 aromatic carbocycles. The summed E-state index contributed by atoms with van der Waals surface area (Å²) in [6.45, 7) is 6.47. The lowest BCUT2D eigenvalue weighted by Gasteiger charge is -2.08. The van der Waals surface area contributed by atoms with Gasteiger partial charge in [-0.1, -0.05) is 29.8 Å². The maximum absolute atomic E-state index is 5.97. The molecular weight excluding hydrogens is 308 g/mol. The molecule has 2 aromatic heterocycles. The molecule has 4 aromatic rings. The molecule has 3 heteroatoms. The Morgan fingerprint density at radius 2 is 1.72 bits per heavy atom. The first-order valence-corrected chi connectivity index (χ1v) is 8.47. The molecule has 0 saturated heterocycles. The molecule has 0 amide bonds. The molecule has 4 rings (SSSR count). The molecular formula is C22H21N2O+. The van der Waals surface area contributed by atoms with Gasteiger partial charge in [-0.2, -0.15) is 4.57 Å². The van der Waals surface area contributed by atoms with Gasteiger partial charge in [-0.25, -0.2) is 4.98 Å². The molecule has 0 unspecified atom stereocenters. The number of hydrogen-bond acceptors (Lipinski definition) is 2. The van der Waals surface area contributed by atoms with Crippen LogP contribution in [0.2, 0.25) is 0 Å². The van der Waals surface area contributed by atoms with E-state index in [4.69, 9.17) is 9.40 Å². The van der Waals surface area contributed by atoms with Crippen LogP contribution in [0.4, 0.5) is 0 Å². The summed E-state index contributed by atoms with van der Waals surface area (Å²) in [5.74, 6) is 0.657. The molecule has 0 bridgehead atoms. The van der Waals surface area contributed by atoms with E-state index < -0.39 is 0 Å². The molecule has 0 radical (unpaired) electrons. The van der Waals surface area contributed by atoms with Crippen LogP contribution in [-0.4, -0.2) is 4.98 Å². The van der Waals surface area contributed by atoms with Gasteiger partial charge >= 0.3 is 0 Å². The molecule has 0 fully saturated rings. The summed E-state index contributed by atoms with van der Waals surface area (Å²) in [5, 5.41) is 0. The van der Waals surface area contributed by atoms with Crippen molar-refractivity contribution in [2.24, 2.45) is 7.05 Å². The second kappa shape index (κ2) is 5.85. The lowest BCUT2D eigenvalue weighted by atomic mass is 9.97. The van der Waals surface area contributed by atoms with Gasteiger partial charge in [0, 0.05) is 17.2 Å². The van der Waals surface area contributed by atoms with Crippen molar-refractivity contribution < 1.29 is 8.98 Å². The zero-order chi connectivity index (χ0) is 17.6. The maximum Gasteiger partial charge on any atom is 0.227 e. The van der Waals surface area contributed by atoms with E-state index in [0.717, 1.165) is 22.4 Å². The van der Waals surface area contributed by atoms with E-state index in [1.807, 2.05) is 36.5 Å². The monoisotopic (exact) mass is 329 g/mol. The highest BCUT2D eigenvalue weighted by atomic mass is 16.3. The summed E-state index contributed by atoms with van der Waals surface area (Å²) in [4.78, 5) is 4.70. The summed E-state index contributed by atoms with van der Waals surface area (Å²) in [7, 11) is 2.05. The van der Waals surface area contributed by atoms with Crippen molar-refractivity contribution in [2.75, 3.05) is 0 Å². The third kappa shape index (κ3) is 2.72. The number of oxazole rings is 1. The number of benzene rings is 2. The molecule has 0 aliphatic rings. The van der Waals surface area contributed by atoms with Gasteiger partial charge in [-0.05, 0) is 50.1 Å². The van der Waals surface area contributed by atoms with Crippen LogP contribution in [0.1, 0.15) is 16.7 Å². The zero-order valence-electron chi connectivity index (χ0n) is 15.0. The first-order chi connectivity index (χ1) is 12.0. The van der Waals surface area contributed by atoms with Crippen LogP contribution in [0.15, 0.2) is 59.1 Å². The van der Waals surface area contributed by atoms with Gasteiger partial charge in [-0.15, -0.1) is 0 Å². The van der Waals surface area contributed by atoms with Crippen LogP contribution >= 0.6 is 0 Å². The molecule has 124 valence electrons. The first-order valence-electron chi connectivity index (χ1n) is 8.47. The highest BCUT2D eigenvalue weighted by Gasteiger charge is 2.19. The standard InChI is InChI=1S/C22H21N2O/c1-14-10-15(2)16(3)18(11-14)20-12-19-21(13-24(20)4)25-22(23-19)17-8-6-5-7-9-17/h5-13H,1-4H3/q+1. The second-order valence-corrected chi connectivity index (χ2v) is 6.66. The quantitative estimate of drug-likeness (QED) is 0.489. The lowest BCUT2D eigenvalue weighted by Crippen LogP contribution is -2.30. The van der Waals surface area contributed by atoms with E-state index in [2.05, 4.69) is 50.6 Å². The minimum Gasteiger partial charge on any atom is -0.430 e. The van der Waals surface area contributed by atoms with Crippen LogP contribution in [0.5, 0.6) is 0 Å². The van der Waals surface area contributed by atoms with Crippen LogP contribution < -0.4 is 4.57 Å². The van der Waals surface area contributed by atoms with Crippen LogP contribution in [0, 0.1) is 20.8 Å². The summed E-state index contributed by atoms with van der Waals surface area (Å²) < 4.78 is 8.09. The number of hydrogen-bond donors (Lipinski definition) is 0. The van der Waals surface area contributed by atoms with Crippen molar-refractivity contribution in [1.29, 1.82) is 0 Å². The summed E-state index contributed by atoms with van der Waals surface area (Å²) >= 11 is 0. The third-order valence-corrected chi connectivity index (χ3v) is 4.75. The first kappa shape index (κ1) is 15.6. The zero-order valence-corrected chi connectivity index (χ0v) is 15.0. The number of fused-ring (bicyclic) bond motifs is 1. The average Bonchev–Trinajstić information content (AvgIpc) is 3.01. The molecule has 25 heavy (non-hydrogen) atoms. The van der Waals surface area contributed by atoms with Crippen LogP contribution in [0.3, 0.4) is 0 Å². The fourth-order valence-corrected chi connectivity index (χ4v) is 3.29. The van der Waals surface area contributed by atoms with Gasteiger partial charge in [0.1, 0.15) is 12.6 Å². The molecule has 2 heterocycles. The predicted octanol–water partition coefficient (Wildman–Crippen LogP) is 4.91. The van der Waals surface area contributed by atoms with Crippen molar-refractivity contribution in [3.63, 3.8) is 0 Å².